The molecule has 0 atom stereocenters. The molecule has 0 spiro atoms. The molecule has 6 heteroatoms. The fraction of sp³-hybridized carbons (Fsp3) is 0. The molecule has 14 heavy (non-hydrogen) atoms. The van der Waals surface area contributed by atoms with Gasteiger partial charge in [-0.3, -0.25) is 0 Å². The van der Waals surface area contributed by atoms with E-state index in [2.05, 4.69) is 25.1 Å². The first-order valence-corrected chi connectivity index (χ1v) is 3.83. The molecule has 6 nitrogen and oxygen atoms in total. The van der Waals surface area contributed by atoms with Crippen LogP contribution in [0.2, 0.25) is 0 Å². The first kappa shape index (κ1) is 8.36. The molecular formula is C8H6N4O2. The van der Waals surface area contributed by atoms with Gasteiger partial charge in [0.1, 0.15) is 5.52 Å². The van der Waals surface area contributed by atoms with Crippen molar-refractivity contribution in [1.82, 2.24) is 20.6 Å². The molecular weight excluding hydrogens is 184 g/mol. The predicted octanol–water partition coefficient (Wildman–Crippen LogP) is 1.29. The zero-order valence-electron chi connectivity index (χ0n) is 7.07. The molecule has 70 valence electrons. The maximum absolute atomic E-state index is 5.01. The molecule has 0 saturated heterocycles. The minimum atomic E-state index is 0.845. The Balaban J connectivity index is 0.000000128. The molecule has 0 radical (unpaired) electrons. The normalized spacial score (nSPS) is 9.43. The second kappa shape index (κ2) is 4.13. The fourth-order valence-corrected chi connectivity index (χ4v) is 0.909. The highest BCUT2D eigenvalue weighted by Gasteiger charge is 1.91. The molecule has 0 aliphatic carbocycles. The number of hydrogen-bond donors (Lipinski definition) is 0. The van der Waals surface area contributed by atoms with Crippen LogP contribution in [0.1, 0.15) is 0 Å². The van der Waals surface area contributed by atoms with Gasteiger partial charge in [-0.15, -0.1) is 0 Å². The Kier molecular flexibility index (Phi) is 2.46. The number of fused-ring (bicyclic) bond motifs is 1. The van der Waals surface area contributed by atoms with Gasteiger partial charge >= 0.3 is 0 Å². The molecule has 0 saturated carbocycles. The van der Waals surface area contributed by atoms with Crippen LogP contribution in [-0.2, 0) is 0 Å². The van der Waals surface area contributed by atoms with Gasteiger partial charge in [0.15, 0.2) is 12.0 Å². The maximum atomic E-state index is 5.01. The molecule has 2 aromatic heterocycles. The minimum absolute atomic E-state index is 0.845. The number of rotatable bonds is 0. The second-order valence-electron chi connectivity index (χ2n) is 2.32. The van der Waals surface area contributed by atoms with E-state index in [1.54, 1.807) is 0 Å². The zero-order valence-corrected chi connectivity index (χ0v) is 7.07. The van der Waals surface area contributed by atoms with Crippen molar-refractivity contribution in [3.63, 3.8) is 0 Å². The Hall–Kier alpha value is -2.24. The van der Waals surface area contributed by atoms with E-state index < -0.39 is 0 Å². The summed E-state index contributed by atoms with van der Waals surface area (Å²) >= 11 is 0. The first-order valence-electron chi connectivity index (χ1n) is 3.83. The summed E-state index contributed by atoms with van der Waals surface area (Å²) in [5, 5.41) is 9.24. The van der Waals surface area contributed by atoms with Crippen molar-refractivity contribution in [1.29, 1.82) is 0 Å². The third-order valence-corrected chi connectivity index (χ3v) is 1.47. The van der Waals surface area contributed by atoms with Gasteiger partial charge in [-0.05, 0) is 17.3 Å². The Morgan fingerprint density at radius 2 is 2.00 bits per heavy atom. The summed E-state index contributed by atoms with van der Waals surface area (Å²) < 4.78 is 9.12. The SMILES string of the molecule is c1ccc2ocnc2c1.c1nnno1. The molecule has 0 amide bonds. The van der Waals surface area contributed by atoms with Gasteiger partial charge in [0.2, 0.25) is 6.39 Å². The lowest BCUT2D eigenvalue weighted by atomic mass is 10.3. The summed E-state index contributed by atoms with van der Waals surface area (Å²) in [7, 11) is 0. The second-order valence-corrected chi connectivity index (χ2v) is 2.32. The van der Waals surface area contributed by atoms with E-state index in [0.717, 1.165) is 17.5 Å². The minimum Gasteiger partial charge on any atom is -0.443 e. The molecule has 2 heterocycles. The average molecular weight is 190 g/mol. The summed E-state index contributed by atoms with van der Waals surface area (Å²) in [4.78, 5) is 3.95. The van der Waals surface area contributed by atoms with E-state index >= 15 is 0 Å². The van der Waals surface area contributed by atoms with Crippen molar-refractivity contribution in [2.45, 2.75) is 0 Å². The van der Waals surface area contributed by atoms with Crippen LogP contribution >= 0.6 is 0 Å². The summed E-state index contributed by atoms with van der Waals surface area (Å²) in [6.07, 6.45) is 2.60. The van der Waals surface area contributed by atoms with Crippen LogP contribution in [0.4, 0.5) is 0 Å². The maximum Gasteiger partial charge on any atom is 0.235 e. The number of nitrogens with zero attached hydrogens (tertiary/aromatic N) is 4. The van der Waals surface area contributed by atoms with Crippen LogP contribution in [0.15, 0.2) is 46.0 Å². The number of aromatic nitrogens is 4. The van der Waals surface area contributed by atoms with E-state index in [1.807, 2.05) is 24.3 Å². The lowest BCUT2D eigenvalue weighted by Gasteiger charge is -1.79. The molecule has 0 aliphatic rings. The molecule has 0 unspecified atom stereocenters. The summed E-state index contributed by atoms with van der Waals surface area (Å²) in [5.41, 5.74) is 1.76. The topological polar surface area (TPSA) is 77.8 Å². The fourth-order valence-electron chi connectivity index (χ4n) is 0.909. The van der Waals surface area contributed by atoms with Crippen LogP contribution in [0.25, 0.3) is 11.1 Å². The van der Waals surface area contributed by atoms with E-state index in [0.29, 0.717) is 0 Å². The Bertz CT molecular complexity index is 429. The van der Waals surface area contributed by atoms with Crippen molar-refractivity contribution in [3.05, 3.63) is 37.1 Å². The van der Waals surface area contributed by atoms with Gasteiger partial charge in [-0.1, -0.05) is 17.2 Å². The molecule has 0 aliphatic heterocycles. The van der Waals surface area contributed by atoms with Crippen LogP contribution in [0, 0.1) is 0 Å². The monoisotopic (exact) mass is 190 g/mol. The van der Waals surface area contributed by atoms with Crippen molar-refractivity contribution >= 4 is 11.1 Å². The van der Waals surface area contributed by atoms with Crippen LogP contribution in [-0.4, -0.2) is 20.6 Å². The van der Waals surface area contributed by atoms with Crippen LogP contribution in [0.5, 0.6) is 0 Å². The smallest absolute Gasteiger partial charge is 0.235 e. The lowest BCUT2D eigenvalue weighted by molar-refractivity contribution is 0.392. The Morgan fingerprint density at radius 3 is 2.64 bits per heavy atom. The summed E-state index contributed by atoms with van der Waals surface area (Å²) in [5.74, 6) is 0. The first-order chi connectivity index (χ1) is 6.97. The van der Waals surface area contributed by atoms with Gasteiger partial charge in [0.05, 0.1) is 5.27 Å². The number of benzene rings is 1. The third kappa shape index (κ3) is 1.92. The van der Waals surface area contributed by atoms with Gasteiger partial charge in [-0.2, -0.15) is 0 Å². The molecule has 0 fully saturated rings. The van der Waals surface area contributed by atoms with Crippen molar-refractivity contribution in [2.75, 3.05) is 0 Å². The van der Waals surface area contributed by atoms with Crippen LogP contribution in [0.3, 0.4) is 0 Å². The molecule has 3 aromatic rings. The lowest BCUT2D eigenvalue weighted by Crippen LogP contribution is -1.61. The standard InChI is InChI=1S/C7H5NO.CHN3O/c1-2-4-7-6(3-1)8-5-9-7;1-2-3-4-5-1/h1-5H;1H. The average Bonchev–Trinajstić information content (AvgIpc) is 2.92. The van der Waals surface area contributed by atoms with E-state index in [9.17, 15) is 0 Å². The predicted molar refractivity (Wildman–Crippen MR) is 46.1 cm³/mol. The third-order valence-electron chi connectivity index (χ3n) is 1.47. The largest absolute Gasteiger partial charge is 0.443 e. The van der Waals surface area contributed by atoms with E-state index in [1.165, 1.54) is 6.39 Å². The van der Waals surface area contributed by atoms with Gasteiger partial charge < -0.3 is 8.94 Å². The highest BCUT2D eigenvalue weighted by atomic mass is 16.5. The quantitative estimate of drug-likeness (QED) is 0.531. The molecule has 0 bridgehead atoms. The number of hydrogen-bond acceptors (Lipinski definition) is 6. The Morgan fingerprint density at radius 1 is 1.07 bits per heavy atom. The molecule has 0 N–H and O–H groups in total. The summed E-state index contributed by atoms with van der Waals surface area (Å²) in [6, 6.07) is 7.67. The number of oxazole rings is 1. The van der Waals surface area contributed by atoms with Crippen LogP contribution < -0.4 is 0 Å². The molecule has 3 rings (SSSR count). The highest BCUT2D eigenvalue weighted by Crippen LogP contribution is 2.09. The van der Waals surface area contributed by atoms with Crippen molar-refractivity contribution in [2.24, 2.45) is 0 Å². The Labute approximate surface area is 78.5 Å². The highest BCUT2D eigenvalue weighted by molar-refractivity contribution is 5.71. The van der Waals surface area contributed by atoms with Gasteiger partial charge in [0.25, 0.3) is 0 Å². The van der Waals surface area contributed by atoms with E-state index in [4.69, 9.17) is 4.42 Å². The van der Waals surface area contributed by atoms with Gasteiger partial charge in [0, 0.05) is 0 Å². The molecule has 1 aromatic carbocycles. The van der Waals surface area contributed by atoms with Crippen molar-refractivity contribution in [3.8, 4) is 0 Å². The summed E-state index contributed by atoms with van der Waals surface area (Å²) in [6.45, 7) is 0. The number of para-hydroxylation sites is 2. The van der Waals surface area contributed by atoms with E-state index in [-0.39, 0.29) is 0 Å². The van der Waals surface area contributed by atoms with Gasteiger partial charge in [-0.25, -0.2) is 4.98 Å². The van der Waals surface area contributed by atoms with Crippen molar-refractivity contribution < 1.29 is 8.94 Å². The zero-order chi connectivity index (χ0) is 9.64.